The van der Waals surface area contributed by atoms with Crippen LogP contribution in [0.1, 0.15) is 15.9 Å². The molecule has 1 aromatic rings. The molecule has 2 nitrogen and oxygen atoms in total. The second-order valence-electron chi connectivity index (χ2n) is 2.59. The zero-order valence-corrected chi connectivity index (χ0v) is 8.49. The van der Waals surface area contributed by atoms with E-state index in [4.69, 9.17) is 5.11 Å². The molecule has 1 aromatic carbocycles. The lowest BCUT2D eigenvalue weighted by Crippen LogP contribution is -2.14. The van der Waals surface area contributed by atoms with Gasteiger partial charge in [0.25, 0.3) is 0 Å². The predicted molar refractivity (Wildman–Crippen MR) is 46.1 cm³/mol. The van der Waals surface area contributed by atoms with Crippen LogP contribution in [0.4, 0.5) is 17.6 Å². The van der Waals surface area contributed by atoms with E-state index in [2.05, 4.69) is 15.9 Å². The van der Waals surface area contributed by atoms with Crippen molar-refractivity contribution < 1.29 is 27.5 Å². The Morgan fingerprint density at radius 2 is 1.87 bits per heavy atom. The second-order valence-corrected chi connectivity index (χ2v) is 3.38. The minimum atomic E-state index is -4.83. The van der Waals surface area contributed by atoms with E-state index in [1.807, 2.05) is 0 Å². The second kappa shape index (κ2) is 3.80. The van der Waals surface area contributed by atoms with Crippen molar-refractivity contribution in [1.29, 1.82) is 0 Å². The number of hydrogen-bond acceptors (Lipinski definition) is 1. The quantitative estimate of drug-likeness (QED) is 0.805. The average Bonchev–Trinajstić information content (AvgIpc) is 2.06. The molecule has 1 N–H and O–H groups in total. The van der Waals surface area contributed by atoms with Gasteiger partial charge in [-0.2, -0.15) is 13.2 Å². The minimum absolute atomic E-state index is 0.392. The molecule has 0 aromatic heterocycles. The summed E-state index contributed by atoms with van der Waals surface area (Å²) in [7, 11) is 0. The van der Waals surface area contributed by atoms with Crippen molar-refractivity contribution in [2.24, 2.45) is 0 Å². The van der Waals surface area contributed by atoms with E-state index in [0.717, 1.165) is 0 Å². The molecule has 0 bridgehead atoms. The third-order valence-electron chi connectivity index (χ3n) is 1.61. The Morgan fingerprint density at radius 1 is 1.33 bits per heavy atom. The molecule has 0 saturated heterocycles. The number of alkyl halides is 3. The number of hydrogen-bond donors (Lipinski definition) is 1. The van der Waals surface area contributed by atoms with Crippen molar-refractivity contribution in [3.8, 4) is 0 Å². The summed E-state index contributed by atoms with van der Waals surface area (Å²) in [5.41, 5.74) is -2.51. The minimum Gasteiger partial charge on any atom is -0.478 e. The maximum atomic E-state index is 12.8. The van der Waals surface area contributed by atoms with Crippen molar-refractivity contribution in [2.75, 3.05) is 0 Å². The summed E-state index contributed by atoms with van der Waals surface area (Å²) in [5, 5.41) is 8.54. The van der Waals surface area contributed by atoms with Crippen molar-refractivity contribution >= 4 is 21.9 Å². The molecule has 0 aliphatic rings. The number of benzene rings is 1. The van der Waals surface area contributed by atoms with Gasteiger partial charge in [-0.05, 0) is 28.1 Å². The molecule has 0 fully saturated rings. The third kappa shape index (κ3) is 2.28. The van der Waals surface area contributed by atoms with Crippen LogP contribution < -0.4 is 0 Å². The highest BCUT2D eigenvalue weighted by Gasteiger charge is 2.37. The van der Waals surface area contributed by atoms with Crippen LogP contribution in [0.5, 0.6) is 0 Å². The summed E-state index contributed by atoms with van der Waals surface area (Å²) in [4.78, 5) is 10.5. The highest BCUT2D eigenvalue weighted by Crippen LogP contribution is 2.36. The number of carbonyl (C=O) groups is 1. The van der Waals surface area contributed by atoms with E-state index in [-0.39, 0.29) is 0 Å². The maximum absolute atomic E-state index is 12.8. The van der Waals surface area contributed by atoms with Gasteiger partial charge in [-0.3, -0.25) is 0 Å². The van der Waals surface area contributed by atoms with E-state index in [9.17, 15) is 22.4 Å². The Morgan fingerprint density at radius 3 is 2.27 bits per heavy atom. The first-order valence-corrected chi connectivity index (χ1v) is 4.33. The predicted octanol–water partition coefficient (Wildman–Crippen LogP) is 3.31. The van der Waals surface area contributed by atoms with Crippen LogP contribution in [-0.4, -0.2) is 11.1 Å². The molecular formula is C8H3BrF4O2. The van der Waals surface area contributed by atoms with Gasteiger partial charge in [0.05, 0.1) is 15.6 Å². The Balaban J connectivity index is 3.55. The van der Waals surface area contributed by atoms with Crippen LogP contribution in [0.15, 0.2) is 16.6 Å². The van der Waals surface area contributed by atoms with E-state index in [1.54, 1.807) is 0 Å². The number of carboxylic acid groups (broad SMARTS) is 1. The molecule has 0 saturated carbocycles. The van der Waals surface area contributed by atoms with Gasteiger partial charge in [0.1, 0.15) is 5.82 Å². The Kier molecular flexibility index (Phi) is 3.03. The van der Waals surface area contributed by atoms with E-state index >= 15 is 0 Å². The summed E-state index contributed by atoms with van der Waals surface area (Å²) in [6.07, 6.45) is -4.83. The number of rotatable bonds is 1. The fourth-order valence-corrected chi connectivity index (χ4v) is 1.51. The first-order valence-electron chi connectivity index (χ1n) is 3.53. The van der Waals surface area contributed by atoms with Gasteiger partial charge in [0.2, 0.25) is 0 Å². The van der Waals surface area contributed by atoms with Gasteiger partial charge < -0.3 is 5.11 Å². The average molecular weight is 287 g/mol. The van der Waals surface area contributed by atoms with Crippen LogP contribution in [0.25, 0.3) is 0 Å². The highest BCUT2D eigenvalue weighted by molar-refractivity contribution is 9.10. The Labute approximate surface area is 89.6 Å². The molecule has 0 aliphatic heterocycles. The van der Waals surface area contributed by atoms with Gasteiger partial charge >= 0.3 is 12.1 Å². The van der Waals surface area contributed by atoms with Gasteiger partial charge in [-0.15, -0.1) is 0 Å². The van der Waals surface area contributed by atoms with E-state index in [1.165, 1.54) is 0 Å². The molecule has 82 valence electrons. The van der Waals surface area contributed by atoms with Gasteiger partial charge in [0, 0.05) is 0 Å². The molecule has 0 spiro atoms. The Hall–Kier alpha value is -1.11. The molecule has 0 radical (unpaired) electrons. The Bertz CT molecular complexity index is 414. The molecule has 7 heteroatoms. The smallest absolute Gasteiger partial charge is 0.417 e. The van der Waals surface area contributed by atoms with Gasteiger partial charge in [-0.1, -0.05) is 0 Å². The first kappa shape index (κ1) is 12.0. The van der Waals surface area contributed by atoms with Crippen molar-refractivity contribution in [1.82, 2.24) is 0 Å². The van der Waals surface area contributed by atoms with Crippen LogP contribution >= 0.6 is 15.9 Å². The van der Waals surface area contributed by atoms with E-state index in [0.29, 0.717) is 12.1 Å². The summed E-state index contributed by atoms with van der Waals surface area (Å²) in [6, 6.07) is 0.947. The van der Waals surface area contributed by atoms with Gasteiger partial charge in [0.15, 0.2) is 0 Å². The zero-order chi connectivity index (χ0) is 11.8. The van der Waals surface area contributed by atoms with Crippen molar-refractivity contribution in [3.05, 3.63) is 33.5 Å². The molecule has 0 aliphatic carbocycles. The van der Waals surface area contributed by atoms with Crippen LogP contribution in [-0.2, 0) is 6.18 Å². The SMILES string of the molecule is O=C(O)c1c(C(F)(F)F)ccc(F)c1Br. The standard InChI is InChI=1S/C8H3BrF4O2/c9-6-4(10)2-1-3(8(11,12)13)5(6)7(14)15/h1-2H,(H,14,15). The van der Waals surface area contributed by atoms with Crippen LogP contribution in [0.3, 0.4) is 0 Å². The molecule has 15 heavy (non-hydrogen) atoms. The number of aromatic carboxylic acids is 1. The number of carboxylic acids is 1. The topological polar surface area (TPSA) is 37.3 Å². The van der Waals surface area contributed by atoms with E-state index < -0.39 is 33.6 Å². The summed E-state index contributed by atoms with van der Waals surface area (Å²) in [6.45, 7) is 0. The third-order valence-corrected chi connectivity index (χ3v) is 2.39. The molecular weight excluding hydrogens is 284 g/mol. The normalized spacial score (nSPS) is 11.5. The van der Waals surface area contributed by atoms with Crippen LogP contribution in [0.2, 0.25) is 0 Å². The molecule has 0 heterocycles. The summed E-state index contributed by atoms with van der Waals surface area (Å²) < 4.78 is 49.1. The molecule has 0 atom stereocenters. The first-order chi connectivity index (χ1) is 6.75. The zero-order valence-electron chi connectivity index (χ0n) is 6.90. The molecule has 0 unspecified atom stereocenters. The van der Waals surface area contributed by atoms with Gasteiger partial charge in [-0.25, -0.2) is 9.18 Å². The lowest BCUT2D eigenvalue weighted by Gasteiger charge is -2.11. The van der Waals surface area contributed by atoms with Crippen molar-refractivity contribution in [3.63, 3.8) is 0 Å². The molecule has 0 amide bonds. The summed E-state index contributed by atoms with van der Waals surface area (Å²) >= 11 is 2.47. The fourth-order valence-electron chi connectivity index (χ4n) is 0.996. The fraction of sp³-hybridized carbons (Fsp3) is 0.125. The van der Waals surface area contributed by atoms with Crippen molar-refractivity contribution in [2.45, 2.75) is 6.18 Å². The lowest BCUT2D eigenvalue weighted by molar-refractivity contribution is -0.138. The maximum Gasteiger partial charge on any atom is 0.417 e. The monoisotopic (exact) mass is 286 g/mol. The largest absolute Gasteiger partial charge is 0.478 e. The summed E-state index contributed by atoms with van der Waals surface area (Å²) in [5.74, 6) is -2.89. The number of halogens is 5. The lowest BCUT2D eigenvalue weighted by atomic mass is 10.1. The highest BCUT2D eigenvalue weighted by atomic mass is 79.9. The van der Waals surface area contributed by atoms with Crippen LogP contribution in [0, 0.1) is 5.82 Å². The molecule has 1 rings (SSSR count).